The van der Waals surface area contributed by atoms with Crippen molar-refractivity contribution in [1.82, 2.24) is 4.90 Å². The summed E-state index contributed by atoms with van der Waals surface area (Å²) in [5.74, 6) is -0.0765. The molecule has 1 aliphatic heterocycles. The lowest BCUT2D eigenvalue weighted by atomic mass is 10.0. The SMILES string of the molecule is CC(C)c1ccccc1NC(=O)/C(C#N)=C\N1CCOCC1. The van der Waals surface area contributed by atoms with Crippen LogP contribution in [0.1, 0.15) is 25.3 Å². The van der Waals surface area contributed by atoms with Crippen molar-refractivity contribution in [2.45, 2.75) is 19.8 Å². The van der Waals surface area contributed by atoms with Gasteiger partial charge in [-0.2, -0.15) is 5.26 Å². The molecule has 0 unspecified atom stereocenters. The van der Waals surface area contributed by atoms with Crippen molar-refractivity contribution in [3.63, 3.8) is 0 Å². The first-order valence-electron chi connectivity index (χ1n) is 7.46. The highest BCUT2D eigenvalue weighted by Gasteiger charge is 2.15. The van der Waals surface area contributed by atoms with Gasteiger partial charge in [0.25, 0.3) is 5.91 Å². The number of hydrogen-bond donors (Lipinski definition) is 1. The fraction of sp³-hybridized carbons (Fsp3) is 0.412. The van der Waals surface area contributed by atoms with Gasteiger partial charge in [-0.15, -0.1) is 0 Å². The lowest BCUT2D eigenvalue weighted by Gasteiger charge is -2.25. The summed E-state index contributed by atoms with van der Waals surface area (Å²) in [5.41, 5.74) is 1.92. The maximum Gasteiger partial charge on any atom is 0.267 e. The van der Waals surface area contributed by atoms with Gasteiger partial charge in [-0.05, 0) is 17.5 Å². The van der Waals surface area contributed by atoms with Gasteiger partial charge in [0.1, 0.15) is 11.6 Å². The number of nitriles is 1. The Bertz CT molecular complexity index is 596. The van der Waals surface area contributed by atoms with Crippen molar-refractivity contribution in [1.29, 1.82) is 5.26 Å². The summed E-state index contributed by atoms with van der Waals surface area (Å²) in [6.45, 7) is 6.77. The molecule has 1 aliphatic rings. The fourth-order valence-electron chi connectivity index (χ4n) is 2.33. The van der Waals surface area contributed by atoms with Crippen LogP contribution >= 0.6 is 0 Å². The molecule has 1 N–H and O–H groups in total. The Morgan fingerprint density at radius 1 is 1.36 bits per heavy atom. The summed E-state index contributed by atoms with van der Waals surface area (Å²) in [6, 6.07) is 9.65. The van der Waals surface area contributed by atoms with Gasteiger partial charge in [-0.25, -0.2) is 0 Å². The number of nitrogens with zero attached hydrogens (tertiary/aromatic N) is 2. The van der Waals surface area contributed by atoms with Crippen molar-refractivity contribution >= 4 is 11.6 Å². The number of para-hydroxylation sites is 1. The van der Waals surface area contributed by atoms with E-state index in [0.29, 0.717) is 32.2 Å². The molecule has 0 bridgehead atoms. The Hall–Kier alpha value is -2.32. The number of carbonyl (C=O) groups excluding carboxylic acids is 1. The molecule has 5 heteroatoms. The van der Waals surface area contributed by atoms with E-state index in [1.54, 1.807) is 6.20 Å². The Morgan fingerprint density at radius 3 is 2.68 bits per heavy atom. The van der Waals surface area contributed by atoms with Crippen LogP contribution in [0.3, 0.4) is 0 Å². The average molecular weight is 299 g/mol. The molecule has 0 aromatic heterocycles. The summed E-state index contributed by atoms with van der Waals surface area (Å²) in [6.07, 6.45) is 1.62. The standard InChI is InChI=1S/C17H21N3O2/c1-13(2)15-5-3-4-6-16(15)19-17(21)14(11-18)12-20-7-9-22-10-8-20/h3-6,12-13H,7-10H2,1-2H3,(H,19,21)/b14-12-. The van der Waals surface area contributed by atoms with Crippen molar-refractivity contribution in [2.75, 3.05) is 31.6 Å². The quantitative estimate of drug-likeness (QED) is 0.685. The first kappa shape index (κ1) is 16.1. The van der Waals surface area contributed by atoms with Crippen LogP contribution < -0.4 is 5.32 Å². The Kier molecular flexibility index (Phi) is 5.56. The van der Waals surface area contributed by atoms with E-state index in [1.165, 1.54) is 0 Å². The van der Waals surface area contributed by atoms with Crippen LogP contribution in [0.5, 0.6) is 0 Å². The molecule has 0 atom stereocenters. The van der Waals surface area contributed by atoms with E-state index in [2.05, 4.69) is 19.2 Å². The molecule has 0 spiro atoms. The van der Waals surface area contributed by atoms with E-state index in [4.69, 9.17) is 4.74 Å². The smallest absolute Gasteiger partial charge is 0.267 e. The second kappa shape index (κ2) is 7.62. The highest BCUT2D eigenvalue weighted by atomic mass is 16.5. The fourth-order valence-corrected chi connectivity index (χ4v) is 2.33. The Balaban J connectivity index is 2.13. The third-order valence-corrected chi connectivity index (χ3v) is 3.55. The van der Waals surface area contributed by atoms with E-state index in [1.807, 2.05) is 35.2 Å². The first-order chi connectivity index (χ1) is 10.6. The van der Waals surface area contributed by atoms with Gasteiger partial charge in [0.15, 0.2) is 0 Å². The third-order valence-electron chi connectivity index (χ3n) is 3.55. The van der Waals surface area contributed by atoms with Crippen LogP contribution in [0, 0.1) is 11.3 Å². The minimum Gasteiger partial charge on any atom is -0.378 e. The van der Waals surface area contributed by atoms with E-state index < -0.39 is 0 Å². The summed E-state index contributed by atoms with van der Waals surface area (Å²) < 4.78 is 5.26. The van der Waals surface area contributed by atoms with Gasteiger partial charge in [0.05, 0.1) is 13.2 Å². The van der Waals surface area contributed by atoms with Gasteiger partial charge in [0, 0.05) is 25.0 Å². The molecule has 1 amide bonds. The third kappa shape index (κ3) is 4.09. The normalized spacial score (nSPS) is 15.5. The van der Waals surface area contributed by atoms with Crippen molar-refractivity contribution in [3.05, 3.63) is 41.6 Å². The maximum atomic E-state index is 12.3. The second-order valence-corrected chi connectivity index (χ2v) is 5.50. The van der Waals surface area contributed by atoms with Gasteiger partial charge in [0.2, 0.25) is 0 Å². The molecular weight excluding hydrogens is 278 g/mol. The number of amides is 1. The lowest BCUT2D eigenvalue weighted by Crippen LogP contribution is -2.33. The molecular formula is C17H21N3O2. The number of morpholine rings is 1. The molecule has 1 aromatic rings. The minimum absolute atomic E-state index is 0.112. The molecule has 116 valence electrons. The van der Waals surface area contributed by atoms with Crippen LogP contribution in [0.25, 0.3) is 0 Å². The van der Waals surface area contributed by atoms with E-state index in [0.717, 1.165) is 11.3 Å². The van der Waals surface area contributed by atoms with Crippen molar-refractivity contribution < 1.29 is 9.53 Å². The molecule has 1 heterocycles. The van der Waals surface area contributed by atoms with Crippen LogP contribution in [0.4, 0.5) is 5.69 Å². The van der Waals surface area contributed by atoms with Gasteiger partial charge in [-0.3, -0.25) is 4.79 Å². The summed E-state index contributed by atoms with van der Waals surface area (Å²) in [5, 5.41) is 12.1. The van der Waals surface area contributed by atoms with Gasteiger partial charge >= 0.3 is 0 Å². The molecule has 2 rings (SSSR count). The van der Waals surface area contributed by atoms with Gasteiger partial charge in [-0.1, -0.05) is 32.0 Å². The zero-order valence-corrected chi connectivity index (χ0v) is 13.0. The van der Waals surface area contributed by atoms with E-state index in [-0.39, 0.29) is 11.5 Å². The maximum absolute atomic E-state index is 12.3. The summed E-state index contributed by atoms with van der Waals surface area (Å²) in [4.78, 5) is 14.3. The topological polar surface area (TPSA) is 65.4 Å². The number of anilines is 1. The molecule has 0 radical (unpaired) electrons. The van der Waals surface area contributed by atoms with Gasteiger partial charge < -0.3 is 15.0 Å². The lowest BCUT2D eigenvalue weighted by molar-refractivity contribution is -0.112. The summed E-state index contributed by atoms with van der Waals surface area (Å²) >= 11 is 0. The zero-order valence-electron chi connectivity index (χ0n) is 13.0. The number of rotatable bonds is 4. The second-order valence-electron chi connectivity index (χ2n) is 5.50. The van der Waals surface area contributed by atoms with Crippen LogP contribution in [0.15, 0.2) is 36.0 Å². The Labute approximate surface area is 131 Å². The van der Waals surface area contributed by atoms with Crippen LogP contribution in [-0.2, 0) is 9.53 Å². The molecule has 22 heavy (non-hydrogen) atoms. The largest absolute Gasteiger partial charge is 0.378 e. The predicted molar refractivity (Wildman–Crippen MR) is 85.2 cm³/mol. The molecule has 0 aliphatic carbocycles. The monoisotopic (exact) mass is 299 g/mol. The van der Waals surface area contributed by atoms with Crippen molar-refractivity contribution in [2.24, 2.45) is 0 Å². The zero-order chi connectivity index (χ0) is 15.9. The Morgan fingerprint density at radius 2 is 2.05 bits per heavy atom. The highest BCUT2D eigenvalue weighted by molar-refractivity contribution is 6.06. The average Bonchev–Trinajstić information content (AvgIpc) is 2.53. The molecule has 5 nitrogen and oxygen atoms in total. The van der Waals surface area contributed by atoms with Crippen LogP contribution in [-0.4, -0.2) is 37.1 Å². The predicted octanol–water partition coefficient (Wildman–Crippen LogP) is 2.49. The molecule has 0 saturated carbocycles. The number of ether oxygens (including phenoxy) is 1. The van der Waals surface area contributed by atoms with E-state index >= 15 is 0 Å². The van der Waals surface area contributed by atoms with E-state index in [9.17, 15) is 10.1 Å². The molecule has 1 saturated heterocycles. The number of hydrogen-bond acceptors (Lipinski definition) is 4. The summed E-state index contributed by atoms with van der Waals surface area (Å²) in [7, 11) is 0. The number of carbonyl (C=O) groups is 1. The number of benzene rings is 1. The minimum atomic E-state index is -0.373. The first-order valence-corrected chi connectivity index (χ1v) is 7.46. The van der Waals surface area contributed by atoms with Crippen molar-refractivity contribution in [3.8, 4) is 6.07 Å². The molecule has 1 fully saturated rings. The van der Waals surface area contributed by atoms with Crippen LogP contribution in [0.2, 0.25) is 0 Å². The highest BCUT2D eigenvalue weighted by Crippen LogP contribution is 2.24. The molecule has 1 aromatic carbocycles. The number of nitrogens with one attached hydrogen (secondary N) is 1.